The predicted octanol–water partition coefficient (Wildman–Crippen LogP) is 6.00. The summed E-state index contributed by atoms with van der Waals surface area (Å²) >= 11 is 0. The average Bonchev–Trinajstić information content (AvgIpc) is 3.33. The normalized spacial score (nSPS) is 40.0. The largest absolute Gasteiger partial charge is 0.359 e. The molecule has 2 aromatic rings. The second kappa shape index (κ2) is 7.30. The summed E-state index contributed by atoms with van der Waals surface area (Å²) in [6.45, 7) is 2.51. The van der Waals surface area contributed by atoms with Crippen molar-refractivity contribution in [2.24, 2.45) is 11.3 Å². The van der Waals surface area contributed by atoms with Crippen LogP contribution in [0.1, 0.15) is 69.8 Å². The highest BCUT2D eigenvalue weighted by Crippen LogP contribution is 2.69. The van der Waals surface area contributed by atoms with E-state index in [1.54, 1.807) is 0 Å². The first-order valence-electron chi connectivity index (χ1n) is 13.3. The Bertz CT molecular complexity index is 1390. The molecule has 0 amide bonds. The van der Waals surface area contributed by atoms with Crippen LogP contribution < -0.4 is 4.72 Å². The first kappa shape index (κ1) is 22.3. The van der Waals surface area contributed by atoms with E-state index in [1.807, 2.05) is 0 Å². The molecule has 0 aromatic heterocycles. The van der Waals surface area contributed by atoms with Crippen molar-refractivity contribution in [3.63, 3.8) is 0 Å². The standard InChI is InChI=1S/C30H35NO3S/c1-28-14-13-24-18-23-9-10-25(31-35(2,32)33)19-29(23)15-16-30(24,34-29)27(28)12-11-26(28)22-8-7-20-5-3-4-6-21(20)17-22/h3-8,13,17-18,25-27,31H,9-12,14-16,19H2,1-2H3/t25-,26+,27+,28+,29+,30+/m0/s1. The molecule has 7 rings (SSSR count). The first-order chi connectivity index (χ1) is 16.7. The summed E-state index contributed by atoms with van der Waals surface area (Å²) in [6, 6.07) is 15.7. The number of hydrogen-bond acceptors (Lipinski definition) is 3. The lowest BCUT2D eigenvalue weighted by atomic mass is 9.58. The van der Waals surface area contributed by atoms with Gasteiger partial charge in [-0.15, -0.1) is 0 Å². The fraction of sp³-hybridized carbons (Fsp3) is 0.533. The molecule has 1 N–H and O–H groups in total. The number of fused-ring (bicyclic) bond motifs is 2. The second-order valence-corrected chi connectivity index (χ2v) is 13.9. The smallest absolute Gasteiger partial charge is 0.208 e. The number of hydrogen-bond donors (Lipinski definition) is 1. The third-order valence-corrected chi connectivity index (χ3v) is 11.0. The van der Waals surface area contributed by atoms with E-state index in [2.05, 4.69) is 66.3 Å². The maximum absolute atomic E-state index is 12.0. The molecule has 4 nitrogen and oxygen atoms in total. The van der Waals surface area contributed by atoms with Gasteiger partial charge in [0.15, 0.2) is 0 Å². The third-order valence-electron chi connectivity index (χ3n) is 10.2. The van der Waals surface area contributed by atoms with Crippen LogP contribution in [0.2, 0.25) is 0 Å². The van der Waals surface area contributed by atoms with Gasteiger partial charge in [0.1, 0.15) is 0 Å². The number of nitrogens with one attached hydrogen (secondary N) is 1. The molecule has 35 heavy (non-hydrogen) atoms. The molecule has 1 saturated heterocycles. The van der Waals surface area contributed by atoms with Crippen LogP contribution in [0.3, 0.4) is 0 Å². The number of allylic oxidation sites excluding steroid dienone is 1. The lowest BCUT2D eigenvalue weighted by molar-refractivity contribution is -0.135. The van der Waals surface area contributed by atoms with Crippen molar-refractivity contribution in [2.45, 2.75) is 81.5 Å². The van der Waals surface area contributed by atoms with E-state index >= 15 is 0 Å². The molecule has 5 aliphatic rings. The molecular formula is C30H35NO3S. The topological polar surface area (TPSA) is 55.4 Å². The number of ether oxygens (including phenoxy) is 1. The van der Waals surface area contributed by atoms with Crippen LogP contribution in [0.5, 0.6) is 0 Å². The van der Waals surface area contributed by atoms with Crippen LogP contribution in [0.25, 0.3) is 10.8 Å². The van der Waals surface area contributed by atoms with Gasteiger partial charge in [0.25, 0.3) is 0 Å². The monoisotopic (exact) mass is 489 g/mol. The van der Waals surface area contributed by atoms with E-state index < -0.39 is 10.0 Å². The Kier molecular flexibility index (Phi) is 4.64. The van der Waals surface area contributed by atoms with Gasteiger partial charge < -0.3 is 4.74 Å². The van der Waals surface area contributed by atoms with Crippen LogP contribution in [0, 0.1) is 11.3 Å². The second-order valence-electron chi connectivity index (χ2n) is 12.1. The molecule has 2 bridgehead atoms. The highest BCUT2D eigenvalue weighted by molar-refractivity contribution is 7.88. The van der Waals surface area contributed by atoms with E-state index in [0.717, 1.165) is 38.5 Å². The van der Waals surface area contributed by atoms with Gasteiger partial charge in [0.2, 0.25) is 10.0 Å². The molecule has 2 spiro atoms. The summed E-state index contributed by atoms with van der Waals surface area (Å²) in [4.78, 5) is 0. The van der Waals surface area contributed by atoms with Gasteiger partial charge in [0, 0.05) is 6.04 Å². The molecule has 6 atom stereocenters. The molecule has 2 aromatic carbocycles. The van der Waals surface area contributed by atoms with E-state index in [-0.39, 0.29) is 22.7 Å². The maximum Gasteiger partial charge on any atom is 0.208 e. The maximum atomic E-state index is 12.0. The zero-order valence-electron chi connectivity index (χ0n) is 20.7. The summed E-state index contributed by atoms with van der Waals surface area (Å²) in [6.07, 6.45) is 14.3. The molecule has 0 unspecified atom stereocenters. The molecule has 3 fully saturated rings. The lowest BCUT2D eigenvalue weighted by Crippen LogP contribution is -2.55. The van der Waals surface area contributed by atoms with Crippen LogP contribution in [0.15, 0.2) is 65.8 Å². The fourth-order valence-corrected chi connectivity index (χ4v) is 9.59. The van der Waals surface area contributed by atoms with Crippen molar-refractivity contribution >= 4 is 20.8 Å². The Labute approximate surface area is 208 Å². The Morgan fingerprint density at radius 2 is 1.86 bits per heavy atom. The summed E-state index contributed by atoms with van der Waals surface area (Å²) in [7, 11) is -3.22. The van der Waals surface area contributed by atoms with Crippen LogP contribution in [-0.4, -0.2) is 31.9 Å². The molecule has 2 aliphatic heterocycles. The quantitative estimate of drug-likeness (QED) is 0.575. The highest BCUT2D eigenvalue weighted by atomic mass is 32.2. The van der Waals surface area contributed by atoms with Gasteiger partial charge in [-0.25, -0.2) is 13.1 Å². The molecule has 2 saturated carbocycles. The minimum Gasteiger partial charge on any atom is -0.359 e. The SMILES string of the molecule is C[C@]12CC=C3C=C4CC[C@H](NS(C)(=O)=O)C[C@]45CC[C@]3(O5)[C@@H]1CC[C@@H]2c1ccc2ccccc2c1. The van der Waals surface area contributed by atoms with Gasteiger partial charge in [-0.1, -0.05) is 61.5 Å². The van der Waals surface area contributed by atoms with Crippen molar-refractivity contribution < 1.29 is 13.2 Å². The average molecular weight is 490 g/mol. The van der Waals surface area contributed by atoms with Crippen molar-refractivity contribution in [3.05, 3.63) is 71.3 Å². The van der Waals surface area contributed by atoms with Crippen molar-refractivity contribution in [2.75, 3.05) is 6.26 Å². The van der Waals surface area contributed by atoms with Crippen LogP contribution >= 0.6 is 0 Å². The van der Waals surface area contributed by atoms with Gasteiger partial charge >= 0.3 is 0 Å². The molecular weight excluding hydrogens is 454 g/mol. The molecule has 2 heterocycles. The van der Waals surface area contributed by atoms with Crippen molar-refractivity contribution in [3.8, 4) is 0 Å². The number of sulfonamides is 1. The molecule has 5 heteroatoms. The summed E-state index contributed by atoms with van der Waals surface area (Å²) in [5.41, 5.74) is 3.94. The van der Waals surface area contributed by atoms with Crippen molar-refractivity contribution in [1.29, 1.82) is 0 Å². The molecule has 184 valence electrons. The van der Waals surface area contributed by atoms with Crippen LogP contribution in [-0.2, 0) is 14.8 Å². The van der Waals surface area contributed by atoms with E-state index in [1.165, 1.54) is 46.6 Å². The summed E-state index contributed by atoms with van der Waals surface area (Å²) < 4.78 is 34.1. The molecule has 3 aliphatic carbocycles. The van der Waals surface area contributed by atoms with E-state index in [9.17, 15) is 8.42 Å². The predicted molar refractivity (Wildman–Crippen MR) is 140 cm³/mol. The van der Waals surface area contributed by atoms with Gasteiger partial charge in [-0.3, -0.25) is 0 Å². The van der Waals surface area contributed by atoms with E-state index in [4.69, 9.17) is 4.74 Å². The number of benzene rings is 2. The summed E-state index contributed by atoms with van der Waals surface area (Å²) in [5, 5.41) is 2.64. The third kappa shape index (κ3) is 3.20. The first-order valence-corrected chi connectivity index (χ1v) is 15.2. The van der Waals surface area contributed by atoms with Crippen LogP contribution in [0.4, 0.5) is 0 Å². The summed E-state index contributed by atoms with van der Waals surface area (Å²) in [5.74, 6) is 1.02. The Morgan fingerprint density at radius 3 is 2.69 bits per heavy atom. The van der Waals surface area contributed by atoms with E-state index in [0.29, 0.717) is 11.8 Å². The lowest BCUT2D eigenvalue weighted by Gasteiger charge is -2.54. The molecule has 0 radical (unpaired) electrons. The Balaban J connectivity index is 1.24. The van der Waals surface area contributed by atoms with Gasteiger partial charge in [-0.2, -0.15) is 0 Å². The fourth-order valence-electron chi connectivity index (χ4n) is 8.78. The Morgan fingerprint density at radius 1 is 1.03 bits per heavy atom. The zero-order valence-corrected chi connectivity index (χ0v) is 21.5. The number of rotatable bonds is 3. The van der Waals surface area contributed by atoms with Gasteiger partial charge in [0.05, 0.1) is 17.5 Å². The minimum absolute atomic E-state index is 0.0354. The highest BCUT2D eigenvalue weighted by Gasteiger charge is 2.66. The van der Waals surface area contributed by atoms with Crippen molar-refractivity contribution in [1.82, 2.24) is 4.72 Å². The zero-order chi connectivity index (χ0) is 24.1. The van der Waals surface area contributed by atoms with Gasteiger partial charge in [-0.05, 0) is 96.1 Å². The Hall–Kier alpha value is -1.95. The minimum atomic E-state index is -3.22.